The first-order valence-electron chi connectivity index (χ1n) is 5.66. The van der Waals surface area contributed by atoms with Crippen LogP contribution in [0.1, 0.15) is 45.1 Å². The molecule has 0 saturated heterocycles. The van der Waals surface area contributed by atoms with Crippen molar-refractivity contribution in [1.82, 2.24) is 0 Å². The van der Waals surface area contributed by atoms with Gasteiger partial charge in [-0.1, -0.05) is 39.5 Å². The Hall–Kier alpha value is 0.0243. The second-order valence-corrected chi connectivity index (χ2v) is 3.47. The summed E-state index contributed by atoms with van der Waals surface area (Å²) >= 11 is 0. The van der Waals surface area contributed by atoms with Crippen LogP contribution < -0.4 is 0 Å². The molecule has 1 aromatic rings. The summed E-state index contributed by atoms with van der Waals surface area (Å²) in [7, 11) is 0. The molecule has 0 aliphatic carbocycles. The molecule has 1 rings (SSSR count). The van der Waals surface area contributed by atoms with Crippen molar-refractivity contribution in [3.63, 3.8) is 0 Å². The van der Waals surface area contributed by atoms with Crippen LogP contribution in [0.25, 0.3) is 0 Å². The molecule has 0 heterocycles. The zero-order chi connectivity index (χ0) is 10.6. The molecule has 0 aliphatic rings. The van der Waals surface area contributed by atoms with E-state index < -0.39 is 0 Å². The van der Waals surface area contributed by atoms with Crippen LogP contribution in [0, 0.1) is 14.9 Å². The van der Waals surface area contributed by atoms with Crippen molar-refractivity contribution in [1.29, 1.82) is 0 Å². The number of hydrogen-bond acceptors (Lipinski definition) is 1. The van der Waals surface area contributed by atoms with Crippen LogP contribution in [0.3, 0.4) is 0 Å². The normalized spacial score (nSPS) is 7.71. The maximum absolute atomic E-state index is 8.07. The second kappa shape index (κ2) is 21.3. The standard InChI is InChI=1S/C9H13.C4H10O.2CH3.Ti/c1-2-3-6-9-7-4-5-8-9;1-2-3-4-5;;;/h4-5,7-8H,2-3,6H2,1H3;5H,2-4H2,1H3;2*1H3;/q-1;;2*-1;+3. The van der Waals surface area contributed by atoms with Gasteiger partial charge >= 0.3 is 21.7 Å². The maximum atomic E-state index is 8.07. The predicted molar refractivity (Wildman–Crippen MR) is 75.5 cm³/mol. The van der Waals surface area contributed by atoms with Crippen molar-refractivity contribution >= 4 is 0 Å². The van der Waals surface area contributed by atoms with Crippen molar-refractivity contribution in [2.45, 2.75) is 46.0 Å². The number of aliphatic hydroxyl groups excluding tert-OH is 1. The van der Waals surface area contributed by atoms with Crippen molar-refractivity contribution in [2.24, 2.45) is 0 Å². The summed E-state index contributed by atoms with van der Waals surface area (Å²) in [4.78, 5) is 0. The molecule has 0 aromatic heterocycles. The van der Waals surface area contributed by atoms with Crippen LogP contribution in [0.4, 0.5) is 0 Å². The molecule has 99 valence electrons. The Morgan fingerprint density at radius 3 is 1.71 bits per heavy atom. The summed E-state index contributed by atoms with van der Waals surface area (Å²) in [6.45, 7) is 4.62. The molecule has 0 atom stereocenters. The van der Waals surface area contributed by atoms with Crippen molar-refractivity contribution in [3.05, 3.63) is 44.7 Å². The Morgan fingerprint density at radius 1 is 0.941 bits per heavy atom. The Labute approximate surface area is 124 Å². The van der Waals surface area contributed by atoms with Gasteiger partial charge in [0.2, 0.25) is 0 Å². The Balaban J connectivity index is -0.0000000948. The van der Waals surface area contributed by atoms with E-state index in [0.717, 1.165) is 12.8 Å². The Morgan fingerprint density at radius 2 is 1.41 bits per heavy atom. The molecular formula is C15H29OTi. The van der Waals surface area contributed by atoms with Gasteiger partial charge in [-0.05, 0) is 6.42 Å². The van der Waals surface area contributed by atoms with Crippen molar-refractivity contribution in [2.75, 3.05) is 6.61 Å². The van der Waals surface area contributed by atoms with E-state index in [9.17, 15) is 0 Å². The third-order valence-electron chi connectivity index (χ3n) is 2.06. The van der Waals surface area contributed by atoms with Crippen molar-refractivity contribution in [3.8, 4) is 0 Å². The van der Waals surface area contributed by atoms with Crippen LogP contribution >= 0.6 is 0 Å². The summed E-state index contributed by atoms with van der Waals surface area (Å²) in [5, 5.41) is 8.07. The maximum Gasteiger partial charge on any atom is 3.00 e. The molecule has 1 radical (unpaired) electrons. The van der Waals surface area contributed by atoms with Crippen LogP contribution in [0.15, 0.2) is 24.3 Å². The van der Waals surface area contributed by atoms with Gasteiger partial charge < -0.3 is 20.0 Å². The molecule has 0 amide bonds. The minimum Gasteiger partial charge on any atom is -0.396 e. The van der Waals surface area contributed by atoms with E-state index >= 15 is 0 Å². The second-order valence-electron chi connectivity index (χ2n) is 3.47. The zero-order valence-corrected chi connectivity index (χ0v) is 13.6. The number of hydrogen-bond donors (Lipinski definition) is 1. The first-order chi connectivity index (χ1) is 6.85. The van der Waals surface area contributed by atoms with E-state index in [-0.39, 0.29) is 36.6 Å². The molecule has 17 heavy (non-hydrogen) atoms. The van der Waals surface area contributed by atoms with Gasteiger partial charge in [0.1, 0.15) is 0 Å². The topological polar surface area (TPSA) is 20.2 Å². The van der Waals surface area contributed by atoms with Crippen LogP contribution in [0.2, 0.25) is 0 Å². The molecule has 0 bridgehead atoms. The fourth-order valence-corrected chi connectivity index (χ4v) is 1.12. The monoisotopic (exact) mass is 273 g/mol. The SMILES string of the molecule is CCCCO.CCCC[c-]1cccc1.[CH3-].[CH3-].[Ti+3]. The minimum absolute atomic E-state index is 0. The summed E-state index contributed by atoms with van der Waals surface area (Å²) in [6, 6.07) is 8.58. The van der Waals surface area contributed by atoms with E-state index in [2.05, 4.69) is 38.1 Å². The van der Waals surface area contributed by atoms with E-state index in [1.165, 1.54) is 24.8 Å². The summed E-state index contributed by atoms with van der Waals surface area (Å²) in [5.74, 6) is 0. The molecule has 1 nitrogen and oxygen atoms in total. The fourth-order valence-electron chi connectivity index (χ4n) is 1.12. The summed E-state index contributed by atoms with van der Waals surface area (Å²) < 4.78 is 0. The molecule has 1 aromatic carbocycles. The zero-order valence-electron chi connectivity index (χ0n) is 12.0. The summed E-state index contributed by atoms with van der Waals surface area (Å²) in [5.41, 5.74) is 1.48. The molecule has 0 fully saturated rings. The van der Waals surface area contributed by atoms with Crippen LogP contribution in [-0.4, -0.2) is 11.7 Å². The third-order valence-corrected chi connectivity index (χ3v) is 2.06. The van der Waals surface area contributed by atoms with E-state index in [4.69, 9.17) is 5.11 Å². The largest absolute Gasteiger partial charge is 3.00 e. The quantitative estimate of drug-likeness (QED) is 0.621. The average Bonchev–Trinajstić information content (AvgIpc) is 2.69. The smallest absolute Gasteiger partial charge is 0.396 e. The molecule has 0 spiro atoms. The van der Waals surface area contributed by atoms with E-state index in [1.807, 2.05) is 0 Å². The van der Waals surface area contributed by atoms with Gasteiger partial charge in [-0.2, -0.15) is 17.7 Å². The van der Waals surface area contributed by atoms with Gasteiger partial charge in [-0.15, -0.1) is 0 Å². The number of aliphatic hydroxyl groups is 1. The van der Waals surface area contributed by atoms with Gasteiger partial charge in [0.05, 0.1) is 0 Å². The molecule has 0 saturated carbocycles. The summed E-state index contributed by atoms with van der Waals surface area (Å²) in [6.07, 6.45) is 5.91. The minimum atomic E-state index is 0. The third kappa shape index (κ3) is 18.6. The van der Waals surface area contributed by atoms with Gasteiger partial charge in [-0.25, -0.2) is 12.1 Å². The molecule has 1 N–H and O–H groups in total. The fraction of sp³-hybridized carbons (Fsp3) is 0.533. The molecule has 0 unspecified atom stereocenters. The number of aryl methyl sites for hydroxylation is 1. The number of unbranched alkanes of at least 4 members (excludes halogenated alkanes) is 2. The van der Waals surface area contributed by atoms with Crippen LogP contribution in [-0.2, 0) is 28.1 Å². The predicted octanol–water partition coefficient (Wildman–Crippen LogP) is 4.42. The number of rotatable bonds is 5. The van der Waals surface area contributed by atoms with Gasteiger partial charge in [0.25, 0.3) is 0 Å². The first kappa shape index (κ1) is 25.8. The molecular weight excluding hydrogens is 244 g/mol. The Bertz CT molecular complexity index is 181. The molecule has 2 heteroatoms. The Kier molecular flexibility index (Phi) is 32.3. The average molecular weight is 273 g/mol. The molecule has 0 aliphatic heterocycles. The van der Waals surface area contributed by atoms with E-state index in [0.29, 0.717) is 6.61 Å². The van der Waals surface area contributed by atoms with Crippen LogP contribution in [0.5, 0.6) is 0 Å². The first-order valence-corrected chi connectivity index (χ1v) is 5.66. The van der Waals surface area contributed by atoms with Gasteiger partial charge in [-0.3, -0.25) is 0 Å². The van der Waals surface area contributed by atoms with E-state index in [1.54, 1.807) is 0 Å². The van der Waals surface area contributed by atoms with Crippen molar-refractivity contribution < 1.29 is 26.8 Å². The van der Waals surface area contributed by atoms with Gasteiger partial charge in [0.15, 0.2) is 0 Å². The van der Waals surface area contributed by atoms with Gasteiger partial charge in [0, 0.05) is 6.61 Å².